The van der Waals surface area contributed by atoms with E-state index in [0.29, 0.717) is 34.2 Å². The topological polar surface area (TPSA) is 94.8 Å². The van der Waals surface area contributed by atoms with Crippen molar-refractivity contribution in [3.8, 4) is 22.4 Å². The first-order chi connectivity index (χ1) is 16.9. The molecule has 2 fully saturated rings. The Morgan fingerprint density at radius 1 is 1.14 bits per heavy atom. The molecular weight excluding hydrogens is 464 g/mol. The van der Waals surface area contributed by atoms with Crippen LogP contribution in [0.2, 0.25) is 5.02 Å². The molecule has 0 radical (unpaired) electrons. The Morgan fingerprint density at radius 3 is 2.80 bits per heavy atom. The molecule has 0 saturated carbocycles. The van der Waals surface area contributed by atoms with E-state index in [-0.39, 0.29) is 17.2 Å². The fourth-order valence-electron chi connectivity index (χ4n) is 5.24. The summed E-state index contributed by atoms with van der Waals surface area (Å²) in [6.07, 6.45) is 6.89. The number of hydrogen-bond donors (Lipinski definition) is 1. The minimum absolute atomic E-state index is 0.111. The van der Waals surface area contributed by atoms with Crippen molar-refractivity contribution in [2.45, 2.75) is 38.3 Å². The number of aromatic nitrogens is 5. The summed E-state index contributed by atoms with van der Waals surface area (Å²) in [6, 6.07) is 7.35. The third kappa shape index (κ3) is 3.91. The zero-order chi connectivity index (χ0) is 24.2. The second-order valence-electron chi connectivity index (χ2n) is 9.45. The van der Waals surface area contributed by atoms with Crippen LogP contribution in [0.25, 0.3) is 33.4 Å². The van der Waals surface area contributed by atoms with Crippen LogP contribution < -0.4 is 10.9 Å². The number of fused-ring (bicyclic) bond motifs is 1. The molecule has 2 unspecified atom stereocenters. The van der Waals surface area contributed by atoms with E-state index < -0.39 is 0 Å². The second kappa shape index (κ2) is 8.48. The summed E-state index contributed by atoms with van der Waals surface area (Å²) in [6.45, 7) is 5.93. The number of pyridine rings is 1. The standard InChI is InChI=1S/C26H25ClN6O2/c1-15-10-29-12-23(31-15)17-3-4-20(22(27)8-17)21-7-18-11-30-16(2)32-24(18)33(25(21)34)19-9-26(35-13-19)5-6-28-14-26/h3-4,7-8,10-12,19,28H,5-6,9,13-14H2,1-2H3. The van der Waals surface area contributed by atoms with Gasteiger partial charge < -0.3 is 10.1 Å². The second-order valence-corrected chi connectivity index (χ2v) is 9.86. The molecule has 1 N–H and O–H groups in total. The molecule has 1 aromatic carbocycles. The van der Waals surface area contributed by atoms with Gasteiger partial charge in [-0.05, 0) is 38.9 Å². The van der Waals surface area contributed by atoms with Crippen molar-refractivity contribution in [3.05, 3.63) is 69.8 Å². The van der Waals surface area contributed by atoms with Crippen LogP contribution >= 0.6 is 11.6 Å². The summed E-state index contributed by atoms with van der Waals surface area (Å²) in [5.74, 6) is 0.621. The van der Waals surface area contributed by atoms with Crippen molar-refractivity contribution < 1.29 is 4.74 Å². The van der Waals surface area contributed by atoms with Gasteiger partial charge in [-0.1, -0.05) is 23.7 Å². The fraction of sp³-hybridized carbons (Fsp3) is 0.346. The lowest BCUT2D eigenvalue weighted by molar-refractivity contribution is 0.0206. The first-order valence-corrected chi connectivity index (χ1v) is 12.1. The third-order valence-electron chi connectivity index (χ3n) is 6.96. The van der Waals surface area contributed by atoms with E-state index in [4.69, 9.17) is 16.3 Å². The van der Waals surface area contributed by atoms with Crippen molar-refractivity contribution in [2.24, 2.45) is 0 Å². The van der Waals surface area contributed by atoms with Crippen LogP contribution in [0, 0.1) is 13.8 Å². The molecule has 2 atom stereocenters. The predicted molar refractivity (Wildman–Crippen MR) is 135 cm³/mol. The Balaban J connectivity index is 1.49. The number of halogens is 1. The summed E-state index contributed by atoms with van der Waals surface area (Å²) in [5, 5.41) is 4.65. The number of nitrogens with zero attached hydrogens (tertiary/aromatic N) is 5. The average Bonchev–Trinajstić information content (AvgIpc) is 3.48. The SMILES string of the molecule is Cc1cncc(-c2ccc(-c3cc4cnc(C)nc4n(C4COC5(CCNC5)C4)c3=O)c(Cl)c2)n1. The highest BCUT2D eigenvalue weighted by Gasteiger charge is 2.44. The highest BCUT2D eigenvalue weighted by atomic mass is 35.5. The van der Waals surface area contributed by atoms with Crippen LogP contribution in [0.1, 0.15) is 30.4 Å². The lowest BCUT2D eigenvalue weighted by Gasteiger charge is -2.21. The Labute approximate surface area is 207 Å². The molecule has 4 aromatic rings. The highest BCUT2D eigenvalue weighted by molar-refractivity contribution is 6.33. The molecule has 2 aliphatic rings. The fourth-order valence-corrected chi connectivity index (χ4v) is 5.52. The largest absolute Gasteiger partial charge is 0.371 e. The number of rotatable bonds is 3. The van der Waals surface area contributed by atoms with Gasteiger partial charge in [0.05, 0.1) is 35.8 Å². The Bertz CT molecular complexity index is 1510. The van der Waals surface area contributed by atoms with Crippen LogP contribution in [0.5, 0.6) is 0 Å². The molecule has 2 saturated heterocycles. The molecule has 5 heterocycles. The summed E-state index contributed by atoms with van der Waals surface area (Å²) in [4.78, 5) is 31.8. The van der Waals surface area contributed by atoms with Gasteiger partial charge in [0.25, 0.3) is 5.56 Å². The molecular formula is C26H25ClN6O2. The van der Waals surface area contributed by atoms with Crippen molar-refractivity contribution in [2.75, 3.05) is 19.7 Å². The van der Waals surface area contributed by atoms with E-state index in [2.05, 4.69) is 25.3 Å². The van der Waals surface area contributed by atoms with Gasteiger partial charge in [-0.25, -0.2) is 15.0 Å². The van der Waals surface area contributed by atoms with Gasteiger partial charge in [-0.2, -0.15) is 0 Å². The molecule has 0 bridgehead atoms. The van der Waals surface area contributed by atoms with Gasteiger partial charge in [-0.3, -0.25) is 14.3 Å². The van der Waals surface area contributed by atoms with E-state index in [1.165, 1.54) is 0 Å². The summed E-state index contributed by atoms with van der Waals surface area (Å²) in [5.41, 5.74) is 3.86. The summed E-state index contributed by atoms with van der Waals surface area (Å²) in [7, 11) is 0. The minimum Gasteiger partial charge on any atom is -0.371 e. The molecule has 35 heavy (non-hydrogen) atoms. The van der Waals surface area contributed by atoms with Crippen molar-refractivity contribution >= 4 is 22.6 Å². The molecule has 6 rings (SSSR count). The Morgan fingerprint density at radius 2 is 2.03 bits per heavy atom. The number of aryl methyl sites for hydroxylation is 2. The molecule has 0 amide bonds. The van der Waals surface area contributed by atoms with Crippen LogP contribution in [-0.4, -0.2) is 49.8 Å². The molecule has 0 aliphatic carbocycles. The third-order valence-corrected chi connectivity index (χ3v) is 7.28. The maximum absolute atomic E-state index is 14.0. The van der Waals surface area contributed by atoms with Crippen LogP contribution in [-0.2, 0) is 4.74 Å². The van der Waals surface area contributed by atoms with Crippen molar-refractivity contribution in [3.63, 3.8) is 0 Å². The first-order valence-electron chi connectivity index (χ1n) is 11.7. The molecule has 2 aliphatic heterocycles. The summed E-state index contributed by atoms with van der Waals surface area (Å²) >= 11 is 6.75. The van der Waals surface area contributed by atoms with E-state index in [9.17, 15) is 4.79 Å². The smallest absolute Gasteiger partial charge is 0.260 e. The lowest BCUT2D eigenvalue weighted by Crippen LogP contribution is -2.32. The minimum atomic E-state index is -0.220. The van der Waals surface area contributed by atoms with Gasteiger partial charge >= 0.3 is 0 Å². The zero-order valence-electron chi connectivity index (χ0n) is 19.6. The zero-order valence-corrected chi connectivity index (χ0v) is 20.3. The molecule has 8 nitrogen and oxygen atoms in total. The number of hydrogen-bond acceptors (Lipinski definition) is 7. The lowest BCUT2D eigenvalue weighted by atomic mass is 9.96. The average molecular weight is 489 g/mol. The number of ether oxygens (including phenoxy) is 1. The Hall–Kier alpha value is -3.20. The summed E-state index contributed by atoms with van der Waals surface area (Å²) < 4.78 is 8.04. The maximum atomic E-state index is 14.0. The van der Waals surface area contributed by atoms with Crippen molar-refractivity contribution in [1.82, 2.24) is 29.8 Å². The quantitative estimate of drug-likeness (QED) is 0.467. The van der Waals surface area contributed by atoms with E-state index in [1.54, 1.807) is 23.2 Å². The van der Waals surface area contributed by atoms with Gasteiger partial charge in [0.15, 0.2) is 0 Å². The van der Waals surface area contributed by atoms with E-state index in [1.807, 2.05) is 38.1 Å². The van der Waals surface area contributed by atoms with Crippen molar-refractivity contribution in [1.29, 1.82) is 0 Å². The van der Waals surface area contributed by atoms with E-state index in [0.717, 1.165) is 48.3 Å². The van der Waals surface area contributed by atoms with Crippen LogP contribution in [0.4, 0.5) is 0 Å². The maximum Gasteiger partial charge on any atom is 0.260 e. The first kappa shape index (κ1) is 22.3. The van der Waals surface area contributed by atoms with Gasteiger partial charge in [-0.15, -0.1) is 0 Å². The van der Waals surface area contributed by atoms with Crippen LogP contribution in [0.15, 0.2) is 47.7 Å². The van der Waals surface area contributed by atoms with Gasteiger partial charge in [0.2, 0.25) is 0 Å². The normalized spacial score (nSPS) is 21.9. The predicted octanol–water partition coefficient (Wildman–Crippen LogP) is 3.88. The highest BCUT2D eigenvalue weighted by Crippen LogP contribution is 2.38. The van der Waals surface area contributed by atoms with Crippen LogP contribution in [0.3, 0.4) is 0 Å². The number of nitrogens with one attached hydrogen (secondary N) is 1. The number of benzene rings is 1. The molecule has 9 heteroatoms. The molecule has 178 valence electrons. The van der Waals surface area contributed by atoms with Gasteiger partial charge in [0, 0.05) is 52.5 Å². The van der Waals surface area contributed by atoms with Gasteiger partial charge in [0.1, 0.15) is 11.5 Å². The monoisotopic (exact) mass is 488 g/mol. The Kier molecular flexibility index (Phi) is 5.40. The molecule has 1 spiro atoms. The van der Waals surface area contributed by atoms with E-state index >= 15 is 0 Å². The molecule has 3 aromatic heterocycles.